The molecule has 0 bridgehead atoms. The van der Waals surface area contributed by atoms with Crippen molar-refractivity contribution < 1.29 is 33.3 Å². The molecule has 0 aliphatic carbocycles. The minimum atomic E-state index is -2.11. The van der Waals surface area contributed by atoms with Crippen molar-refractivity contribution in [3.05, 3.63) is 78.0 Å². The number of methoxy groups -OCH3 is 1. The van der Waals surface area contributed by atoms with E-state index >= 15 is 0 Å². The molecule has 2 aromatic carbocycles. The Morgan fingerprint density at radius 2 is 1.88 bits per heavy atom. The summed E-state index contributed by atoms with van der Waals surface area (Å²) in [7, 11) is -0.624. The van der Waals surface area contributed by atoms with Crippen LogP contribution in [0.25, 0.3) is 0 Å². The van der Waals surface area contributed by atoms with Gasteiger partial charge in [-0.2, -0.15) is 0 Å². The molecule has 0 saturated heterocycles. The molecule has 3 rings (SSSR count). The number of rotatable bonds is 12. The monoisotopic (exact) mass is 596 g/mol. The quantitative estimate of drug-likeness (QED) is 0.213. The molecule has 1 unspecified atom stereocenters. The number of nitrogens with one attached hydrogen (secondary N) is 1. The molecule has 9 nitrogen and oxygen atoms in total. The summed E-state index contributed by atoms with van der Waals surface area (Å²) in [5.74, 6) is 0.282. The number of nitrogens with zero attached hydrogens (tertiary/aromatic N) is 1. The van der Waals surface area contributed by atoms with Crippen molar-refractivity contribution in [2.75, 3.05) is 25.6 Å². The van der Waals surface area contributed by atoms with Gasteiger partial charge in [-0.25, -0.2) is 4.79 Å². The lowest BCUT2D eigenvalue weighted by atomic mass is 10.1. The van der Waals surface area contributed by atoms with Gasteiger partial charge in [-0.05, 0) is 48.7 Å². The van der Waals surface area contributed by atoms with E-state index in [1.807, 2.05) is 30.3 Å². The Labute approximate surface area is 250 Å². The number of amides is 2. The van der Waals surface area contributed by atoms with Crippen LogP contribution in [0.2, 0.25) is 18.1 Å². The van der Waals surface area contributed by atoms with Crippen molar-refractivity contribution in [2.24, 2.45) is 0 Å². The van der Waals surface area contributed by atoms with E-state index in [-0.39, 0.29) is 41.5 Å². The second kappa shape index (κ2) is 14.0. The predicted molar refractivity (Wildman–Crippen MR) is 166 cm³/mol. The lowest BCUT2D eigenvalue weighted by Gasteiger charge is -2.38. The Morgan fingerprint density at radius 3 is 2.48 bits per heavy atom. The zero-order valence-electron chi connectivity index (χ0n) is 25.7. The zero-order chi connectivity index (χ0) is 31.1. The predicted octanol–water partition coefficient (Wildman–Crippen LogP) is 6.51. The largest absolute Gasteiger partial charge is 0.493 e. The van der Waals surface area contributed by atoms with Crippen molar-refractivity contribution >= 4 is 26.0 Å². The summed E-state index contributed by atoms with van der Waals surface area (Å²) in [6, 6.07) is 12.4. The molecule has 1 heterocycles. The van der Waals surface area contributed by atoms with Crippen molar-refractivity contribution in [3.63, 3.8) is 0 Å². The van der Waals surface area contributed by atoms with Crippen LogP contribution in [-0.2, 0) is 15.8 Å². The van der Waals surface area contributed by atoms with Crippen molar-refractivity contribution in [1.29, 1.82) is 0 Å². The fraction of sp³-hybridized carbons (Fsp3) is 0.438. The summed E-state index contributed by atoms with van der Waals surface area (Å²) < 4.78 is 23.3. The van der Waals surface area contributed by atoms with Crippen molar-refractivity contribution in [2.45, 2.75) is 71.0 Å². The van der Waals surface area contributed by atoms with Gasteiger partial charge < -0.3 is 28.6 Å². The smallest absolute Gasteiger partial charge is 0.411 e. The van der Waals surface area contributed by atoms with Gasteiger partial charge in [0.15, 0.2) is 19.8 Å². The molecule has 1 aliphatic heterocycles. The molecule has 2 aromatic rings. The van der Waals surface area contributed by atoms with E-state index in [1.165, 1.54) is 13.2 Å². The minimum Gasteiger partial charge on any atom is -0.493 e. The first kappa shape index (κ1) is 32.9. The molecular formula is C32H44N2O7Si. The number of hydrogen-bond acceptors (Lipinski definition) is 7. The standard InChI is InChI=1S/C32H44N2O7Si/c1-9-15-39-31(37)33-27-18-29(40-20-23-13-11-10-12-14-23)28(38-6)17-26(27)30(36)34-19-24(22(2)35)16-25(34)21-41-42(7,8)32(3,4)5/h9-14,17-19,22,25,35H,1,15-16,20-21H2,2-8H3,(H,33,37)/t22?,25-/m0/s1. The third-order valence-electron chi connectivity index (χ3n) is 7.72. The van der Waals surface area contributed by atoms with Crippen LogP contribution in [-0.4, -0.2) is 62.8 Å². The van der Waals surface area contributed by atoms with Crippen LogP contribution in [0.15, 0.2) is 66.9 Å². The molecule has 1 aliphatic rings. The molecule has 2 N–H and O–H groups in total. The van der Waals surface area contributed by atoms with Crippen LogP contribution in [0.3, 0.4) is 0 Å². The Balaban J connectivity index is 1.99. The third-order valence-corrected chi connectivity index (χ3v) is 12.2. The summed E-state index contributed by atoms with van der Waals surface area (Å²) in [4.78, 5) is 28.3. The average Bonchev–Trinajstić information content (AvgIpc) is 3.38. The summed E-state index contributed by atoms with van der Waals surface area (Å²) in [5.41, 5.74) is 2.04. The second-order valence-corrected chi connectivity index (χ2v) is 16.7. The minimum absolute atomic E-state index is 0.00209. The number of ether oxygens (including phenoxy) is 3. The van der Waals surface area contributed by atoms with E-state index in [1.54, 1.807) is 30.2 Å². The number of aliphatic hydroxyl groups excluding tert-OH is 1. The summed E-state index contributed by atoms with van der Waals surface area (Å²) in [6.07, 6.45) is 2.12. The lowest BCUT2D eigenvalue weighted by Crippen LogP contribution is -2.45. The van der Waals surface area contributed by atoms with Gasteiger partial charge in [-0.3, -0.25) is 10.1 Å². The van der Waals surface area contributed by atoms with Gasteiger partial charge in [-0.1, -0.05) is 63.8 Å². The lowest BCUT2D eigenvalue weighted by molar-refractivity contribution is 0.0737. The van der Waals surface area contributed by atoms with Crippen LogP contribution < -0.4 is 14.8 Å². The Hall–Kier alpha value is -3.60. The Bertz CT molecular complexity index is 1290. The number of carbonyl (C=O) groups is 2. The molecule has 0 spiro atoms. The van der Waals surface area contributed by atoms with E-state index in [4.69, 9.17) is 18.6 Å². The number of benzene rings is 2. The first-order chi connectivity index (χ1) is 19.8. The average molecular weight is 597 g/mol. The highest BCUT2D eigenvalue weighted by atomic mass is 28.4. The maximum atomic E-state index is 14.2. The normalized spacial score (nSPS) is 16.0. The fourth-order valence-electron chi connectivity index (χ4n) is 4.14. The maximum absolute atomic E-state index is 14.2. The second-order valence-electron chi connectivity index (χ2n) is 11.9. The molecule has 0 radical (unpaired) electrons. The molecule has 0 fully saturated rings. The number of carbonyl (C=O) groups excluding carboxylic acids is 2. The molecular weight excluding hydrogens is 552 g/mol. The van der Waals surface area contributed by atoms with Crippen LogP contribution in [0, 0.1) is 0 Å². The SMILES string of the molecule is C=CCOC(=O)Nc1cc(OCc2ccccc2)c(OC)cc1C(=O)N1C=C(C(C)O)C[C@H]1CO[Si](C)(C)C(C)(C)C. The van der Waals surface area contributed by atoms with E-state index in [9.17, 15) is 14.7 Å². The topological polar surface area (TPSA) is 107 Å². The Kier molecular flexibility index (Phi) is 11.0. The van der Waals surface area contributed by atoms with Gasteiger partial charge in [0.05, 0.1) is 37.1 Å². The van der Waals surface area contributed by atoms with Crippen molar-refractivity contribution in [1.82, 2.24) is 4.90 Å². The van der Waals surface area contributed by atoms with Gasteiger partial charge in [0, 0.05) is 12.3 Å². The summed E-state index contributed by atoms with van der Waals surface area (Å²) >= 11 is 0. The van der Waals surface area contributed by atoms with Crippen molar-refractivity contribution in [3.8, 4) is 11.5 Å². The van der Waals surface area contributed by atoms with E-state index < -0.39 is 20.5 Å². The van der Waals surface area contributed by atoms with E-state index in [2.05, 4.69) is 45.8 Å². The van der Waals surface area contributed by atoms with Crippen LogP contribution in [0.1, 0.15) is 50.0 Å². The molecule has 10 heteroatoms. The van der Waals surface area contributed by atoms with Crippen LogP contribution >= 0.6 is 0 Å². The van der Waals surface area contributed by atoms with Gasteiger partial charge in [-0.15, -0.1) is 0 Å². The number of aliphatic hydroxyl groups is 1. The molecule has 228 valence electrons. The fourth-order valence-corrected chi connectivity index (χ4v) is 5.18. The summed E-state index contributed by atoms with van der Waals surface area (Å²) in [5, 5.41) is 13.0. The van der Waals surface area contributed by atoms with E-state index in [0.29, 0.717) is 24.5 Å². The first-order valence-corrected chi connectivity index (χ1v) is 17.0. The first-order valence-electron chi connectivity index (χ1n) is 14.1. The van der Waals surface area contributed by atoms with Gasteiger partial charge in [0.1, 0.15) is 13.2 Å². The zero-order valence-corrected chi connectivity index (χ0v) is 26.7. The van der Waals surface area contributed by atoms with Gasteiger partial charge in [0.25, 0.3) is 5.91 Å². The molecule has 2 atom stereocenters. The van der Waals surface area contributed by atoms with Crippen LogP contribution in [0.4, 0.5) is 10.5 Å². The van der Waals surface area contributed by atoms with E-state index in [0.717, 1.165) is 11.1 Å². The summed E-state index contributed by atoms with van der Waals surface area (Å²) in [6.45, 7) is 16.6. The molecule has 0 saturated carbocycles. The van der Waals surface area contributed by atoms with Gasteiger partial charge in [0.2, 0.25) is 0 Å². The molecule has 2 amide bonds. The van der Waals surface area contributed by atoms with Gasteiger partial charge >= 0.3 is 6.09 Å². The molecule has 42 heavy (non-hydrogen) atoms. The number of hydrogen-bond donors (Lipinski definition) is 2. The highest BCUT2D eigenvalue weighted by Gasteiger charge is 2.40. The number of anilines is 1. The highest BCUT2D eigenvalue weighted by Crippen LogP contribution is 2.39. The highest BCUT2D eigenvalue weighted by molar-refractivity contribution is 6.74. The van der Waals surface area contributed by atoms with Crippen LogP contribution in [0.5, 0.6) is 11.5 Å². The Morgan fingerprint density at radius 1 is 1.19 bits per heavy atom. The maximum Gasteiger partial charge on any atom is 0.411 e. The molecule has 0 aromatic heterocycles. The third kappa shape index (κ3) is 8.24.